The SMILES string of the molecule is CC(=O)COc1ccc(C23CC4CC(CC(C4)C2)C3)cc1. The van der Waals surface area contributed by atoms with Gasteiger partial charge in [0.05, 0.1) is 0 Å². The van der Waals surface area contributed by atoms with Gasteiger partial charge in [-0.05, 0) is 86.3 Å². The van der Waals surface area contributed by atoms with Gasteiger partial charge < -0.3 is 4.74 Å². The third-order valence-corrected chi connectivity index (χ3v) is 5.95. The molecule has 1 aromatic carbocycles. The van der Waals surface area contributed by atoms with Gasteiger partial charge in [-0.25, -0.2) is 0 Å². The molecule has 0 atom stereocenters. The summed E-state index contributed by atoms with van der Waals surface area (Å²) in [6, 6.07) is 8.61. The summed E-state index contributed by atoms with van der Waals surface area (Å²) in [5, 5.41) is 0. The average Bonchev–Trinajstić information content (AvgIpc) is 2.44. The Morgan fingerprint density at radius 3 is 2.05 bits per heavy atom. The van der Waals surface area contributed by atoms with Crippen LogP contribution in [0.2, 0.25) is 0 Å². The molecule has 4 aliphatic rings. The monoisotopic (exact) mass is 284 g/mol. The molecule has 4 bridgehead atoms. The minimum atomic E-state index is 0.0696. The zero-order chi connectivity index (χ0) is 14.4. The van der Waals surface area contributed by atoms with Crippen molar-refractivity contribution in [3.8, 4) is 5.75 Å². The fourth-order valence-electron chi connectivity index (χ4n) is 5.55. The standard InChI is InChI=1S/C19H24O2/c1-13(20)12-21-18-4-2-17(3-5-18)19-9-14-6-15(10-19)8-16(7-14)11-19/h2-5,14-16H,6-12H2,1H3. The van der Waals surface area contributed by atoms with Crippen molar-refractivity contribution < 1.29 is 9.53 Å². The molecule has 2 heteroatoms. The number of carbonyl (C=O) groups excluding carboxylic acids is 1. The maximum atomic E-state index is 11.0. The zero-order valence-corrected chi connectivity index (χ0v) is 12.8. The summed E-state index contributed by atoms with van der Waals surface area (Å²) in [6.45, 7) is 1.74. The predicted molar refractivity (Wildman–Crippen MR) is 82.5 cm³/mol. The molecular formula is C19H24O2. The number of carbonyl (C=O) groups is 1. The van der Waals surface area contributed by atoms with Gasteiger partial charge in [0.25, 0.3) is 0 Å². The van der Waals surface area contributed by atoms with Crippen molar-refractivity contribution in [2.75, 3.05) is 6.61 Å². The number of rotatable bonds is 4. The van der Waals surface area contributed by atoms with Gasteiger partial charge in [0.2, 0.25) is 0 Å². The van der Waals surface area contributed by atoms with Crippen molar-refractivity contribution in [1.82, 2.24) is 0 Å². The molecule has 0 radical (unpaired) electrons. The molecule has 5 rings (SSSR count). The second kappa shape index (κ2) is 4.86. The molecule has 0 spiro atoms. The van der Waals surface area contributed by atoms with Gasteiger partial charge in [0.15, 0.2) is 5.78 Å². The quantitative estimate of drug-likeness (QED) is 0.831. The van der Waals surface area contributed by atoms with Crippen LogP contribution in [0.15, 0.2) is 24.3 Å². The topological polar surface area (TPSA) is 26.3 Å². The Hall–Kier alpha value is -1.31. The Bertz CT molecular complexity index is 508. The maximum Gasteiger partial charge on any atom is 0.167 e. The van der Waals surface area contributed by atoms with Crippen LogP contribution in [0.4, 0.5) is 0 Å². The summed E-state index contributed by atoms with van der Waals surface area (Å²) in [5.41, 5.74) is 1.96. The van der Waals surface area contributed by atoms with Crippen molar-refractivity contribution in [2.45, 2.75) is 50.9 Å². The highest BCUT2D eigenvalue weighted by molar-refractivity contribution is 5.77. The van der Waals surface area contributed by atoms with Gasteiger partial charge in [-0.3, -0.25) is 4.79 Å². The molecule has 21 heavy (non-hydrogen) atoms. The first kappa shape index (κ1) is 13.4. The Labute approximate surface area is 126 Å². The lowest BCUT2D eigenvalue weighted by atomic mass is 9.48. The Kier molecular flexibility index (Phi) is 3.09. The van der Waals surface area contributed by atoms with Crippen molar-refractivity contribution in [3.05, 3.63) is 29.8 Å². The molecule has 0 N–H and O–H groups in total. The number of benzene rings is 1. The summed E-state index contributed by atoms with van der Waals surface area (Å²) in [5.74, 6) is 3.82. The molecule has 0 aliphatic heterocycles. The Morgan fingerprint density at radius 2 is 1.57 bits per heavy atom. The lowest BCUT2D eigenvalue weighted by Crippen LogP contribution is -2.48. The lowest BCUT2D eigenvalue weighted by molar-refractivity contribution is -0.118. The van der Waals surface area contributed by atoms with E-state index < -0.39 is 0 Å². The predicted octanol–water partition coefficient (Wildman–Crippen LogP) is 4.12. The van der Waals surface area contributed by atoms with Crippen LogP contribution >= 0.6 is 0 Å². The number of hydrogen-bond acceptors (Lipinski definition) is 2. The van der Waals surface area contributed by atoms with E-state index in [4.69, 9.17) is 4.74 Å². The van der Waals surface area contributed by atoms with Crippen LogP contribution in [-0.4, -0.2) is 12.4 Å². The highest BCUT2D eigenvalue weighted by Crippen LogP contribution is 2.60. The normalized spacial score (nSPS) is 36.7. The fourth-order valence-corrected chi connectivity index (χ4v) is 5.55. The molecule has 2 nitrogen and oxygen atoms in total. The van der Waals surface area contributed by atoms with Gasteiger partial charge in [-0.15, -0.1) is 0 Å². The molecule has 112 valence electrons. The minimum Gasteiger partial charge on any atom is -0.486 e. The molecule has 4 fully saturated rings. The second-order valence-corrected chi connectivity index (χ2v) is 7.71. The van der Waals surface area contributed by atoms with Crippen LogP contribution in [0, 0.1) is 17.8 Å². The highest BCUT2D eigenvalue weighted by atomic mass is 16.5. The van der Waals surface area contributed by atoms with Crippen LogP contribution in [0.5, 0.6) is 5.75 Å². The van der Waals surface area contributed by atoms with Crippen LogP contribution in [0.3, 0.4) is 0 Å². The highest BCUT2D eigenvalue weighted by Gasteiger charge is 2.51. The van der Waals surface area contributed by atoms with Crippen LogP contribution < -0.4 is 4.74 Å². The zero-order valence-electron chi connectivity index (χ0n) is 12.8. The summed E-state index contributed by atoms with van der Waals surface area (Å²) < 4.78 is 5.49. The minimum absolute atomic E-state index is 0.0696. The maximum absolute atomic E-state index is 11.0. The second-order valence-electron chi connectivity index (χ2n) is 7.71. The van der Waals surface area contributed by atoms with Gasteiger partial charge in [0.1, 0.15) is 12.4 Å². The average molecular weight is 284 g/mol. The van der Waals surface area contributed by atoms with Gasteiger partial charge in [0, 0.05) is 0 Å². The van der Waals surface area contributed by atoms with E-state index in [1.807, 2.05) is 0 Å². The van der Waals surface area contributed by atoms with E-state index in [-0.39, 0.29) is 12.4 Å². The van der Waals surface area contributed by atoms with E-state index >= 15 is 0 Å². The molecule has 0 unspecified atom stereocenters. The first-order valence-corrected chi connectivity index (χ1v) is 8.36. The molecule has 4 aliphatic carbocycles. The third kappa shape index (κ3) is 2.39. The van der Waals surface area contributed by atoms with Crippen molar-refractivity contribution in [1.29, 1.82) is 0 Å². The summed E-state index contributed by atoms with van der Waals surface area (Å²) in [4.78, 5) is 11.0. The fraction of sp³-hybridized carbons (Fsp3) is 0.632. The van der Waals surface area contributed by atoms with Gasteiger partial charge >= 0.3 is 0 Å². The largest absolute Gasteiger partial charge is 0.486 e. The smallest absolute Gasteiger partial charge is 0.167 e. The van der Waals surface area contributed by atoms with E-state index in [1.165, 1.54) is 44.1 Å². The van der Waals surface area contributed by atoms with Crippen LogP contribution in [0.25, 0.3) is 0 Å². The van der Waals surface area contributed by atoms with E-state index in [2.05, 4.69) is 24.3 Å². The number of hydrogen-bond donors (Lipinski definition) is 0. The van der Waals surface area contributed by atoms with Crippen molar-refractivity contribution in [2.24, 2.45) is 17.8 Å². The van der Waals surface area contributed by atoms with Crippen molar-refractivity contribution in [3.63, 3.8) is 0 Å². The molecule has 0 amide bonds. The Balaban J connectivity index is 1.54. The molecule has 0 aromatic heterocycles. The number of Topliss-reactive ketones (excluding diaryl/α,β-unsaturated/α-hetero) is 1. The summed E-state index contributed by atoms with van der Waals surface area (Å²) >= 11 is 0. The lowest BCUT2D eigenvalue weighted by Gasteiger charge is -2.57. The van der Waals surface area contributed by atoms with E-state index in [0.717, 1.165) is 23.5 Å². The van der Waals surface area contributed by atoms with E-state index in [1.54, 1.807) is 6.92 Å². The number of ether oxygens (including phenoxy) is 1. The van der Waals surface area contributed by atoms with Gasteiger partial charge in [-0.2, -0.15) is 0 Å². The summed E-state index contributed by atoms with van der Waals surface area (Å²) in [7, 11) is 0. The van der Waals surface area contributed by atoms with Gasteiger partial charge in [-0.1, -0.05) is 12.1 Å². The molecular weight excluding hydrogens is 260 g/mol. The summed E-state index contributed by atoms with van der Waals surface area (Å²) in [6.07, 6.45) is 8.64. The van der Waals surface area contributed by atoms with Crippen LogP contribution in [0.1, 0.15) is 51.0 Å². The van der Waals surface area contributed by atoms with Crippen molar-refractivity contribution >= 4 is 5.78 Å². The molecule has 0 saturated heterocycles. The first-order chi connectivity index (χ1) is 10.1. The third-order valence-electron chi connectivity index (χ3n) is 5.95. The molecule has 0 heterocycles. The molecule has 4 saturated carbocycles. The van der Waals surface area contributed by atoms with Crippen LogP contribution in [-0.2, 0) is 10.2 Å². The number of ketones is 1. The Morgan fingerprint density at radius 1 is 1.05 bits per heavy atom. The first-order valence-electron chi connectivity index (χ1n) is 8.36. The van der Waals surface area contributed by atoms with E-state index in [9.17, 15) is 4.79 Å². The molecule has 1 aromatic rings. The van der Waals surface area contributed by atoms with E-state index in [0.29, 0.717) is 5.41 Å².